The van der Waals surface area contributed by atoms with Crippen LogP contribution in [0.2, 0.25) is 0 Å². The van der Waals surface area contributed by atoms with Crippen molar-refractivity contribution < 1.29 is 14.8 Å². The predicted molar refractivity (Wildman–Crippen MR) is 103 cm³/mol. The van der Waals surface area contributed by atoms with Crippen LogP contribution in [0.25, 0.3) is 0 Å². The quantitative estimate of drug-likeness (QED) is 0.432. The van der Waals surface area contributed by atoms with Gasteiger partial charge >= 0.3 is 5.69 Å². The van der Waals surface area contributed by atoms with E-state index in [0.717, 1.165) is 16.8 Å². The van der Waals surface area contributed by atoms with E-state index in [1.165, 1.54) is 25.5 Å². The Morgan fingerprint density at radius 1 is 1.12 bits per heavy atom. The van der Waals surface area contributed by atoms with Gasteiger partial charge in [0.05, 0.1) is 23.3 Å². The standard InChI is InChI=1S/C20H24N2O4/c1-12(2)15-7-6-8-16(13(3)4)18(15)21-11-14-9-10-17(23)20(26-5)19(14)22(24)25/h6-13,23H,1-5H3. The molecule has 0 aliphatic rings. The fourth-order valence-electron chi connectivity index (χ4n) is 2.86. The Kier molecular flexibility index (Phi) is 5.97. The maximum atomic E-state index is 11.5. The minimum atomic E-state index is -0.572. The highest BCUT2D eigenvalue weighted by atomic mass is 16.6. The zero-order valence-electron chi connectivity index (χ0n) is 15.7. The van der Waals surface area contributed by atoms with Gasteiger partial charge in [0.2, 0.25) is 5.75 Å². The highest BCUT2D eigenvalue weighted by Gasteiger charge is 2.23. The molecule has 2 aromatic carbocycles. The van der Waals surface area contributed by atoms with Crippen LogP contribution in [0.3, 0.4) is 0 Å². The molecule has 6 heteroatoms. The van der Waals surface area contributed by atoms with Crippen LogP contribution >= 0.6 is 0 Å². The molecular formula is C20H24N2O4. The third-order valence-corrected chi connectivity index (χ3v) is 4.20. The SMILES string of the molecule is COc1c(O)ccc(C=Nc2c(C(C)C)cccc2C(C)C)c1[N+](=O)[O-]. The minimum absolute atomic E-state index is 0.167. The fraction of sp³-hybridized carbons (Fsp3) is 0.350. The van der Waals surface area contributed by atoms with Gasteiger partial charge in [-0.25, -0.2) is 0 Å². The summed E-state index contributed by atoms with van der Waals surface area (Å²) in [6.07, 6.45) is 1.47. The van der Waals surface area contributed by atoms with Crippen LogP contribution < -0.4 is 4.74 Å². The van der Waals surface area contributed by atoms with Gasteiger partial charge in [0.15, 0.2) is 5.75 Å². The lowest BCUT2D eigenvalue weighted by Gasteiger charge is -2.16. The van der Waals surface area contributed by atoms with Gasteiger partial charge in [-0.05, 0) is 35.1 Å². The highest BCUT2D eigenvalue weighted by molar-refractivity contribution is 5.90. The average Bonchev–Trinajstić information content (AvgIpc) is 2.59. The first-order valence-electron chi connectivity index (χ1n) is 8.49. The maximum absolute atomic E-state index is 11.5. The number of hydrogen-bond donors (Lipinski definition) is 1. The van der Waals surface area contributed by atoms with Crippen molar-refractivity contribution in [2.24, 2.45) is 4.99 Å². The van der Waals surface area contributed by atoms with Crippen molar-refractivity contribution in [3.63, 3.8) is 0 Å². The molecule has 6 nitrogen and oxygen atoms in total. The number of rotatable bonds is 6. The molecule has 0 aliphatic carbocycles. The lowest BCUT2D eigenvalue weighted by Crippen LogP contribution is -2.00. The van der Waals surface area contributed by atoms with Crippen LogP contribution in [0.1, 0.15) is 56.2 Å². The smallest absolute Gasteiger partial charge is 0.323 e. The van der Waals surface area contributed by atoms with Crippen molar-refractivity contribution in [2.45, 2.75) is 39.5 Å². The number of phenolic OH excluding ortho intramolecular Hbond substituents is 1. The van der Waals surface area contributed by atoms with Crippen LogP contribution in [0.15, 0.2) is 35.3 Å². The van der Waals surface area contributed by atoms with Gasteiger partial charge in [0.1, 0.15) is 0 Å². The van der Waals surface area contributed by atoms with Crippen molar-refractivity contribution in [2.75, 3.05) is 7.11 Å². The summed E-state index contributed by atoms with van der Waals surface area (Å²) in [5.41, 5.74) is 2.97. The monoisotopic (exact) mass is 356 g/mol. The molecule has 0 heterocycles. The van der Waals surface area contributed by atoms with E-state index in [4.69, 9.17) is 4.74 Å². The average molecular weight is 356 g/mol. The van der Waals surface area contributed by atoms with Crippen molar-refractivity contribution >= 4 is 17.6 Å². The topological polar surface area (TPSA) is 85.0 Å². The number of nitrogens with zero attached hydrogens (tertiary/aromatic N) is 2. The minimum Gasteiger partial charge on any atom is -0.504 e. The Bertz CT molecular complexity index is 816. The Hall–Kier alpha value is -2.89. The van der Waals surface area contributed by atoms with E-state index < -0.39 is 4.92 Å². The van der Waals surface area contributed by atoms with Gasteiger partial charge in [-0.15, -0.1) is 0 Å². The number of ether oxygens (including phenoxy) is 1. The summed E-state index contributed by atoms with van der Waals surface area (Å²) in [6, 6.07) is 8.89. The summed E-state index contributed by atoms with van der Waals surface area (Å²) in [4.78, 5) is 15.5. The number of methoxy groups -OCH3 is 1. The van der Waals surface area contributed by atoms with Crippen LogP contribution in [0, 0.1) is 10.1 Å². The number of para-hydroxylation sites is 1. The van der Waals surface area contributed by atoms with Gasteiger partial charge in [-0.2, -0.15) is 0 Å². The third kappa shape index (κ3) is 3.85. The van der Waals surface area contributed by atoms with E-state index in [9.17, 15) is 15.2 Å². The zero-order chi connectivity index (χ0) is 19.4. The number of aromatic hydroxyl groups is 1. The number of benzene rings is 2. The summed E-state index contributed by atoms with van der Waals surface area (Å²) in [6.45, 7) is 8.35. The molecule has 0 saturated carbocycles. The molecule has 0 radical (unpaired) electrons. The van der Waals surface area contributed by atoms with E-state index in [2.05, 4.69) is 32.7 Å². The second-order valence-corrected chi connectivity index (χ2v) is 6.67. The van der Waals surface area contributed by atoms with Crippen molar-refractivity contribution in [3.05, 3.63) is 57.1 Å². The number of nitro groups is 1. The second-order valence-electron chi connectivity index (χ2n) is 6.67. The highest BCUT2D eigenvalue weighted by Crippen LogP contribution is 2.39. The molecule has 0 amide bonds. The molecule has 0 bridgehead atoms. The van der Waals surface area contributed by atoms with Crippen molar-refractivity contribution in [3.8, 4) is 11.5 Å². The Balaban J connectivity index is 2.63. The van der Waals surface area contributed by atoms with E-state index >= 15 is 0 Å². The Morgan fingerprint density at radius 3 is 2.15 bits per heavy atom. The number of hydrogen-bond acceptors (Lipinski definition) is 5. The first-order chi connectivity index (χ1) is 12.3. The molecule has 0 saturated heterocycles. The molecule has 0 fully saturated rings. The van der Waals surface area contributed by atoms with Gasteiger partial charge < -0.3 is 9.84 Å². The molecule has 0 aromatic heterocycles. The molecule has 0 unspecified atom stereocenters. The van der Waals surface area contributed by atoms with Gasteiger partial charge in [0, 0.05) is 6.21 Å². The first kappa shape index (κ1) is 19.4. The molecule has 26 heavy (non-hydrogen) atoms. The number of nitro benzene ring substituents is 1. The molecule has 0 aliphatic heterocycles. The molecule has 0 atom stereocenters. The molecular weight excluding hydrogens is 332 g/mol. The summed E-state index contributed by atoms with van der Waals surface area (Å²) in [5, 5.41) is 21.3. The van der Waals surface area contributed by atoms with Crippen molar-refractivity contribution in [1.82, 2.24) is 0 Å². The Morgan fingerprint density at radius 2 is 1.69 bits per heavy atom. The van der Waals surface area contributed by atoms with Gasteiger partial charge in [-0.1, -0.05) is 45.9 Å². The Labute approximate surface area is 153 Å². The van der Waals surface area contributed by atoms with E-state index in [0.29, 0.717) is 0 Å². The lowest BCUT2D eigenvalue weighted by atomic mass is 9.93. The van der Waals surface area contributed by atoms with Crippen LogP contribution in [0.5, 0.6) is 11.5 Å². The summed E-state index contributed by atoms with van der Waals surface area (Å²) >= 11 is 0. The maximum Gasteiger partial charge on any atom is 0.323 e. The van der Waals surface area contributed by atoms with E-state index in [1.807, 2.05) is 18.2 Å². The largest absolute Gasteiger partial charge is 0.504 e. The zero-order valence-corrected chi connectivity index (χ0v) is 15.7. The van der Waals surface area contributed by atoms with E-state index in [-0.39, 0.29) is 34.6 Å². The van der Waals surface area contributed by atoms with Crippen LogP contribution in [0.4, 0.5) is 11.4 Å². The molecule has 1 N–H and O–H groups in total. The number of phenols is 1. The normalized spacial score (nSPS) is 11.5. The fourth-order valence-corrected chi connectivity index (χ4v) is 2.86. The van der Waals surface area contributed by atoms with Crippen molar-refractivity contribution in [1.29, 1.82) is 0 Å². The lowest BCUT2D eigenvalue weighted by molar-refractivity contribution is -0.385. The third-order valence-electron chi connectivity index (χ3n) is 4.20. The predicted octanol–water partition coefficient (Wildman–Crippen LogP) is 5.31. The first-order valence-corrected chi connectivity index (χ1v) is 8.49. The molecule has 2 aromatic rings. The molecule has 138 valence electrons. The van der Waals surface area contributed by atoms with Gasteiger partial charge in [-0.3, -0.25) is 15.1 Å². The van der Waals surface area contributed by atoms with Crippen LogP contribution in [-0.4, -0.2) is 23.4 Å². The second kappa shape index (κ2) is 7.99. The van der Waals surface area contributed by atoms with Gasteiger partial charge in [0.25, 0.3) is 0 Å². The van der Waals surface area contributed by atoms with E-state index in [1.54, 1.807) is 0 Å². The molecule has 2 rings (SSSR count). The summed E-state index contributed by atoms with van der Waals surface area (Å²) < 4.78 is 5.00. The molecule has 0 spiro atoms. The summed E-state index contributed by atoms with van der Waals surface area (Å²) in [7, 11) is 1.29. The van der Waals surface area contributed by atoms with Crippen LogP contribution in [-0.2, 0) is 0 Å². The number of aliphatic imine (C=N–C) groups is 1. The summed E-state index contributed by atoms with van der Waals surface area (Å²) in [5.74, 6) is 0.0948.